The molecule has 1 N–H and O–H groups in total. The maximum atomic E-state index is 13.1. The number of piperidine rings is 1. The molecule has 1 aliphatic carbocycles. The van der Waals surface area contributed by atoms with Crippen LogP contribution in [0.3, 0.4) is 0 Å². The predicted octanol–water partition coefficient (Wildman–Crippen LogP) is 2.04. The zero-order chi connectivity index (χ0) is 20.9. The topological polar surface area (TPSA) is 112 Å². The number of fused-ring (bicyclic) bond motifs is 1. The van der Waals surface area contributed by atoms with E-state index in [0.29, 0.717) is 30.2 Å². The van der Waals surface area contributed by atoms with Crippen LogP contribution in [-0.4, -0.2) is 52.8 Å². The molecule has 0 spiro atoms. The summed E-state index contributed by atoms with van der Waals surface area (Å²) in [6, 6.07) is 7.20. The average molecular weight is 430 g/mol. The summed E-state index contributed by atoms with van der Waals surface area (Å²) in [5.74, 6) is 0.334. The molecule has 5 rings (SSSR count). The van der Waals surface area contributed by atoms with Crippen LogP contribution < -0.4 is 10.7 Å². The number of nitrogens with one attached hydrogen (secondary N) is 1. The number of aromatic amines is 1. The molecule has 1 aromatic carbocycles. The molecule has 10 heteroatoms. The average Bonchev–Trinajstić information content (AvgIpc) is 3.48. The highest BCUT2D eigenvalue weighted by Gasteiger charge is 2.38. The molecule has 0 atom stereocenters. The van der Waals surface area contributed by atoms with Crippen LogP contribution in [0.1, 0.15) is 31.4 Å². The van der Waals surface area contributed by atoms with Gasteiger partial charge in [-0.1, -0.05) is 0 Å². The van der Waals surface area contributed by atoms with Crippen molar-refractivity contribution in [1.82, 2.24) is 19.3 Å². The fourth-order valence-corrected chi connectivity index (χ4v) is 5.70. The van der Waals surface area contributed by atoms with Crippen LogP contribution in [0.5, 0.6) is 0 Å². The molecule has 2 aliphatic rings. The molecule has 2 aromatic heterocycles. The van der Waals surface area contributed by atoms with Gasteiger partial charge in [-0.3, -0.25) is 4.98 Å². The van der Waals surface area contributed by atoms with Gasteiger partial charge in [0.15, 0.2) is 5.58 Å². The minimum absolute atomic E-state index is 0.163. The van der Waals surface area contributed by atoms with Crippen LogP contribution >= 0.6 is 0 Å². The smallest absolute Gasteiger partial charge is 0.408 e. The van der Waals surface area contributed by atoms with E-state index >= 15 is 0 Å². The Bertz CT molecular complexity index is 1240. The Labute approximate surface area is 173 Å². The third kappa shape index (κ3) is 3.50. The van der Waals surface area contributed by atoms with Crippen LogP contribution in [-0.2, 0) is 10.0 Å². The van der Waals surface area contributed by atoms with E-state index in [4.69, 9.17) is 4.42 Å². The standard InChI is InChI=1S/C20H23N5O4S/c1-13-10-19(22-12-21-13)25(14-2-3-14)15-6-8-24(9-7-15)30(27,28)16-4-5-18-17(11-16)23-20(26)29-18/h4-5,10-12,14-15H,2-3,6-9H2,1H3,(H,23,26). The molecule has 9 nitrogen and oxygen atoms in total. The summed E-state index contributed by atoms with van der Waals surface area (Å²) >= 11 is 0. The van der Waals surface area contributed by atoms with Crippen LogP contribution in [0, 0.1) is 6.92 Å². The van der Waals surface area contributed by atoms with E-state index < -0.39 is 15.8 Å². The van der Waals surface area contributed by atoms with Gasteiger partial charge in [-0.15, -0.1) is 0 Å². The third-order valence-corrected chi connectivity index (χ3v) is 7.73. The van der Waals surface area contributed by atoms with Gasteiger partial charge in [-0.25, -0.2) is 23.2 Å². The maximum Gasteiger partial charge on any atom is 0.417 e. The van der Waals surface area contributed by atoms with E-state index in [9.17, 15) is 13.2 Å². The Balaban J connectivity index is 1.34. The van der Waals surface area contributed by atoms with E-state index in [-0.39, 0.29) is 10.9 Å². The highest BCUT2D eigenvalue weighted by atomic mass is 32.2. The Kier molecular flexibility index (Phi) is 4.62. The van der Waals surface area contributed by atoms with Crippen molar-refractivity contribution < 1.29 is 12.8 Å². The molecular weight excluding hydrogens is 406 g/mol. The van der Waals surface area contributed by atoms with E-state index in [0.717, 1.165) is 37.2 Å². The lowest BCUT2D eigenvalue weighted by Crippen LogP contribution is -2.48. The molecule has 0 bridgehead atoms. The molecular formula is C20H23N5O4S. The summed E-state index contributed by atoms with van der Waals surface area (Å²) in [5.41, 5.74) is 1.66. The number of sulfonamides is 1. The first-order valence-corrected chi connectivity index (χ1v) is 11.6. The minimum Gasteiger partial charge on any atom is -0.408 e. The fourth-order valence-electron chi connectivity index (χ4n) is 4.21. The second-order valence-electron chi connectivity index (χ2n) is 7.96. The SMILES string of the molecule is Cc1cc(N(C2CC2)C2CCN(S(=O)(=O)c3ccc4oc(=O)[nH]c4c3)CC2)ncn1. The van der Waals surface area contributed by atoms with Crippen molar-refractivity contribution in [2.75, 3.05) is 18.0 Å². The van der Waals surface area contributed by atoms with Gasteiger partial charge in [0.25, 0.3) is 0 Å². The molecule has 3 heterocycles. The van der Waals surface area contributed by atoms with E-state index in [1.165, 1.54) is 22.5 Å². The molecule has 158 valence electrons. The molecule has 2 fully saturated rings. The second-order valence-corrected chi connectivity index (χ2v) is 9.90. The summed E-state index contributed by atoms with van der Waals surface area (Å²) < 4.78 is 32.8. The number of H-pyrrole nitrogens is 1. The molecule has 3 aromatic rings. The highest BCUT2D eigenvalue weighted by molar-refractivity contribution is 7.89. The van der Waals surface area contributed by atoms with Crippen LogP contribution in [0.4, 0.5) is 5.82 Å². The Morgan fingerprint density at radius 1 is 1.10 bits per heavy atom. The van der Waals surface area contributed by atoms with Gasteiger partial charge in [0.05, 0.1) is 10.4 Å². The van der Waals surface area contributed by atoms with Crippen molar-refractivity contribution >= 4 is 26.9 Å². The van der Waals surface area contributed by atoms with Gasteiger partial charge in [0.2, 0.25) is 10.0 Å². The normalized spacial score (nSPS) is 18.7. The molecule has 1 aliphatic heterocycles. The molecule has 0 radical (unpaired) electrons. The number of nitrogens with zero attached hydrogens (tertiary/aromatic N) is 4. The first kappa shape index (κ1) is 19.3. The van der Waals surface area contributed by atoms with Crippen molar-refractivity contribution in [1.29, 1.82) is 0 Å². The number of benzene rings is 1. The van der Waals surface area contributed by atoms with Crippen LogP contribution in [0.25, 0.3) is 11.1 Å². The zero-order valence-electron chi connectivity index (χ0n) is 16.6. The maximum absolute atomic E-state index is 13.1. The van der Waals surface area contributed by atoms with Gasteiger partial charge in [-0.2, -0.15) is 4.31 Å². The Morgan fingerprint density at radius 3 is 2.53 bits per heavy atom. The van der Waals surface area contributed by atoms with Crippen LogP contribution in [0.2, 0.25) is 0 Å². The van der Waals surface area contributed by atoms with Gasteiger partial charge in [0.1, 0.15) is 12.1 Å². The molecule has 1 saturated heterocycles. The van der Waals surface area contributed by atoms with Gasteiger partial charge in [0, 0.05) is 36.9 Å². The van der Waals surface area contributed by atoms with Crippen molar-refractivity contribution in [3.05, 3.63) is 46.8 Å². The predicted molar refractivity (Wildman–Crippen MR) is 111 cm³/mol. The number of aromatic nitrogens is 3. The second kappa shape index (κ2) is 7.21. The summed E-state index contributed by atoms with van der Waals surface area (Å²) in [5, 5.41) is 0. The monoisotopic (exact) mass is 429 g/mol. The first-order valence-electron chi connectivity index (χ1n) is 10.1. The molecule has 0 unspecified atom stereocenters. The quantitative estimate of drug-likeness (QED) is 0.660. The number of hydrogen-bond donors (Lipinski definition) is 1. The first-order chi connectivity index (χ1) is 14.4. The van der Waals surface area contributed by atoms with Gasteiger partial charge < -0.3 is 9.32 Å². The van der Waals surface area contributed by atoms with E-state index in [1.807, 2.05) is 13.0 Å². The highest BCUT2D eigenvalue weighted by Crippen LogP contribution is 2.36. The van der Waals surface area contributed by atoms with Gasteiger partial charge >= 0.3 is 5.76 Å². The lowest BCUT2D eigenvalue weighted by Gasteiger charge is -2.39. The molecule has 0 amide bonds. The summed E-state index contributed by atoms with van der Waals surface area (Å²) in [6.07, 6.45) is 5.36. The third-order valence-electron chi connectivity index (χ3n) is 5.84. The lowest BCUT2D eigenvalue weighted by atomic mass is 10.0. The fraction of sp³-hybridized carbons (Fsp3) is 0.450. The summed E-state index contributed by atoms with van der Waals surface area (Å²) in [4.78, 5) is 25.1. The lowest BCUT2D eigenvalue weighted by molar-refractivity contribution is 0.308. The van der Waals surface area contributed by atoms with E-state index in [2.05, 4.69) is 19.9 Å². The zero-order valence-corrected chi connectivity index (χ0v) is 17.4. The minimum atomic E-state index is -3.64. The number of aryl methyl sites for hydroxylation is 1. The van der Waals surface area contributed by atoms with Crippen molar-refractivity contribution in [3.63, 3.8) is 0 Å². The van der Waals surface area contributed by atoms with Crippen LogP contribution in [0.15, 0.2) is 44.7 Å². The number of hydrogen-bond acceptors (Lipinski definition) is 7. The Morgan fingerprint density at radius 2 is 1.83 bits per heavy atom. The van der Waals surface area contributed by atoms with Crippen molar-refractivity contribution in [3.8, 4) is 0 Å². The summed E-state index contributed by atoms with van der Waals surface area (Å²) in [7, 11) is -3.64. The Hall–Kier alpha value is -2.72. The van der Waals surface area contributed by atoms with Gasteiger partial charge in [-0.05, 0) is 50.8 Å². The van der Waals surface area contributed by atoms with Crippen molar-refractivity contribution in [2.45, 2.75) is 49.6 Å². The molecule has 1 saturated carbocycles. The summed E-state index contributed by atoms with van der Waals surface area (Å²) in [6.45, 7) is 2.84. The largest absolute Gasteiger partial charge is 0.417 e. The number of oxazole rings is 1. The van der Waals surface area contributed by atoms with Crippen molar-refractivity contribution in [2.24, 2.45) is 0 Å². The molecule has 30 heavy (non-hydrogen) atoms. The number of anilines is 1. The van der Waals surface area contributed by atoms with E-state index in [1.54, 1.807) is 6.33 Å². The number of rotatable bonds is 5.